The van der Waals surface area contributed by atoms with Crippen molar-refractivity contribution in [2.75, 3.05) is 0 Å². The van der Waals surface area contributed by atoms with E-state index >= 15 is 0 Å². The van der Waals surface area contributed by atoms with Gasteiger partial charge in [-0.2, -0.15) is 0 Å². The molecule has 0 unspecified atom stereocenters. The first-order chi connectivity index (χ1) is 39.6. The summed E-state index contributed by atoms with van der Waals surface area (Å²) in [6, 6.07) is 97.2. The summed E-state index contributed by atoms with van der Waals surface area (Å²) < 4.78 is 0. The molecular weight excluding hydrogens is 1010 g/mol. The van der Waals surface area contributed by atoms with Crippen LogP contribution in [0.3, 0.4) is 0 Å². The van der Waals surface area contributed by atoms with Crippen molar-refractivity contribution >= 4 is 11.6 Å². The average molecular weight is 1110 g/mol. The van der Waals surface area contributed by atoms with Crippen molar-refractivity contribution < 1.29 is 20.4 Å². The Hall–Kier alpha value is -9.12. The van der Waals surface area contributed by atoms with E-state index in [1.54, 1.807) is 97.1 Å². The van der Waals surface area contributed by atoms with Crippen LogP contribution in [0.25, 0.3) is 11.6 Å². The Labute approximate surface area is 501 Å². The Kier molecular flexibility index (Phi) is 37.8. The first kappa shape index (κ1) is 71.9. The van der Waals surface area contributed by atoms with Crippen molar-refractivity contribution in [1.82, 2.24) is 0 Å². The van der Waals surface area contributed by atoms with Gasteiger partial charge in [0.05, 0.1) is 0 Å². The number of phenols is 4. The summed E-state index contributed by atoms with van der Waals surface area (Å²) in [6.45, 7) is 31.6. The quantitative estimate of drug-likeness (QED) is 0.142. The summed E-state index contributed by atoms with van der Waals surface area (Å²) in [5, 5.41) is 34.5. The fraction of sp³-hybridized carbons (Fsp3) is 0.190. The lowest BCUT2D eigenvalue weighted by atomic mass is 9.87. The second kappa shape index (κ2) is 43.6. The average Bonchev–Trinajstić information content (AvgIpc) is 3.51. The van der Waals surface area contributed by atoms with Crippen molar-refractivity contribution in [3.05, 3.63) is 350 Å². The molecule has 0 atom stereocenters. The number of phenolic OH excluding ortho intramolecular Hbond substituents is 4. The van der Waals surface area contributed by atoms with Crippen LogP contribution in [-0.2, 0) is 10.8 Å². The second-order valence-electron chi connectivity index (χ2n) is 21.5. The van der Waals surface area contributed by atoms with E-state index in [9.17, 15) is 0 Å². The molecule has 0 aliphatic heterocycles. The highest BCUT2D eigenvalue weighted by molar-refractivity contribution is 5.60. The minimum absolute atomic E-state index is 0.293. The number of hydrogen-bond acceptors (Lipinski definition) is 4. The first-order valence-electron chi connectivity index (χ1n) is 28.2. The van der Waals surface area contributed by atoms with Crippen LogP contribution in [0, 0.1) is 0 Å². The Morgan fingerprint density at radius 3 is 0.627 bits per heavy atom. The summed E-state index contributed by atoms with van der Waals surface area (Å²) >= 11 is 0. The van der Waals surface area contributed by atoms with Crippen LogP contribution in [0.1, 0.15) is 121 Å². The van der Waals surface area contributed by atoms with E-state index in [4.69, 9.17) is 20.4 Å². The molecule has 434 valence electrons. The van der Waals surface area contributed by atoms with Gasteiger partial charge in [-0.25, -0.2) is 0 Å². The Morgan fingerprint density at radius 1 is 0.313 bits per heavy atom. The van der Waals surface area contributed by atoms with Crippen LogP contribution < -0.4 is 0 Å². The Balaban J connectivity index is 0.000000462. The number of allylic oxidation sites excluding steroid dienone is 1. The molecule has 10 aromatic rings. The van der Waals surface area contributed by atoms with E-state index in [-0.39, 0.29) is 0 Å². The van der Waals surface area contributed by atoms with Gasteiger partial charge < -0.3 is 20.4 Å². The minimum Gasteiger partial charge on any atom is -0.508 e. The van der Waals surface area contributed by atoms with Gasteiger partial charge >= 0.3 is 0 Å². The molecule has 0 saturated heterocycles. The molecule has 0 radical (unpaired) electrons. The van der Waals surface area contributed by atoms with Crippen molar-refractivity contribution in [2.24, 2.45) is 0 Å². The van der Waals surface area contributed by atoms with E-state index in [1.165, 1.54) is 33.4 Å². The third-order valence-electron chi connectivity index (χ3n) is 11.5. The van der Waals surface area contributed by atoms with Crippen LogP contribution in [0.5, 0.6) is 23.0 Å². The van der Waals surface area contributed by atoms with Crippen LogP contribution in [0.4, 0.5) is 0 Å². The maximum absolute atomic E-state index is 8.63. The summed E-state index contributed by atoms with van der Waals surface area (Å²) in [4.78, 5) is 0. The van der Waals surface area contributed by atoms with Crippen molar-refractivity contribution in [3.8, 4) is 23.0 Å². The summed E-state index contributed by atoms with van der Waals surface area (Å²) in [5.41, 5.74) is 9.73. The number of hydrogen-bond donors (Lipinski definition) is 4. The molecule has 0 fully saturated rings. The van der Waals surface area contributed by atoms with Crippen molar-refractivity contribution in [2.45, 2.75) is 98.8 Å². The number of aromatic hydroxyl groups is 4. The van der Waals surface area contributed by atoms with Gasteiger partial charge in [0.2, 0.25) is 0 Å². The smallest absolute Gasteiger partial charge is 0.115 e. The third-order valence-corrected chi connectivity index (χ3v) is 11.5. The van der Waals surface area contributed by atoms with Crippen molar-refractivity contribution in [3.63, 3.8) is 0 Å². The SMILES string of the molecule is C=C(C)c1ccccc1.C=Cc1ccccc1.CC(C)(C)c1ccccc1.CC(C)(C)c1ccccc1.CC(C)c1ccccc1.CC(C)c1ccccc1.Oc1ccccc1.Oc1ccccc1.Oc1ccccc1.Oc1ccccc1. The van der Waals surface area contributed by atoms with E-state index in [1.807, 2.05) is 97.9 Å². The molecule has 10 rings (SSSR count). The normalized spacial score (nSPS) is 9.65. The van der Waals surface area contributed by atoms with Crippen molar-refractivity contribution in [1.29, 1.82) is 0 Å². The lowest BCUT2D eigenvalue weighted by molar-refractivity contribution is 0.475. The van der Waals surface area contributed by atoms with Gasteiger partial charge in [-0.05, 0) is 112 Å². The molecule has 83 heavy (non-hydrogen) atoms. The van der Waals surface area contributed by atoms with Gasteiger partial charge in [-0.15, -0.1) is 0 Å². The zero-order valence-electron chi connectivity index (χ0n) is 51.3. The number of para-hydroxylation sites is 4. The largest absolute Gasteiger partial charge is 0.508 e. The third kappa shape index (κ3) is 39.0. The van der Waals surface area contributed by atoms with E-state index < -0.39 is 0 Å². The molecule has 0 saturated carbocycles. The summed E-state index contributed by atoms with van der Waals surface area (Å²) in [6.07, 6.45) is 1.83. The maximum Gasteiger partial charge on any atom is 0.115 e. The van der Waals surface area contributed by atoms with Crippen LogP contribution in [0.2, 0.25) is 0 Å². The van der Waals surface area contributed by atoms with Gasteiger partial charge in [0.25, 0.3) is 0 Å². The molecular formula is C79H94O4. The zero-order chi connectivity index (χ0) is 61.6. The molecule has 0 aliphatic rings. The molecule has 0 amide bonds. The lowest BCUT2D eigenvalue weighted by Crippen LogP contribution is -2.10. The van der Waals surface area contributed by atoms with Gasteiger partial charge in [-0.3, -0.25) is 0 Å². The van der Waals surface area contributed by atoms with E-state index in [2.05, 4.69) is 204 Å². The molecule has 4 nitrogen and oxygen atoms in total. The Morgan fingerprint density at radius 2 is 0.506 bits per heavy atom. The Bertz CT molecular complexity index is 2790. The first-order valence-corrected chi connectivity index (χ1v) is 28.2. The molecule has 0 aliphatic carbocycles. The molecule has 10 aromatic carbocycles. The molecule has 0 heterocycles. The predicted molar refractivity (Wildman–Crippen MR) is 361 cm³/mol. The fourth-order valence-corrected chi connectivity index (χ4v) is 6.58. The van der Waals surface area contributed by atoms with Gasteiger partial charge in [-0.1, -0.05) is 349 Å². The molecule has 4 N–H and O–H groups in total. The molecule has 0 bridgehead atoms. The molecule has 4 heteroatoms. The minimum atomic E-state index is 0.293. The molecule has 0 spiro atoms. The lowest BCUT2D eigenvalue weighted by Gasteiger charge is -2.18. The van der Waals surface area contributed by atoms with E-state index in [0.717, 1.165) is 5.57 Å². The maximum atomic E-state index is 8.63. The topological polar surface area (TPSA) is 80.9 Å². The van der Waals surface area contributed by atoms with E-state index in [0.29, 0.717) is 45.7 Å². The van der Waals surface area contributed by atoms with Gasteiger partial charge in [0.15, 0.2) is 0 Å². The highest BCUT2D eigenvalue weighted by atomic mass is 16.3. The predicted octanol–water partition coefficient (Wildman–Crippen LogP) is 22.2. The van der Waals surface area contributed by atoms with Crippen LogP contribution in [-0.4, -0.2) is 20.4 Å². The second-order valence-corrected chi connectivity index (χ2v) is 21.5. The highest BCUT2D eigenvalue weighted by Gasteiger charge is 2.12. The fourth-order valence-electron chi connectivity index (χ4n) is 6.58. The van der Waals surface area contributed by atoms with Gasteiger partial charge in [0.1, 0.15) is 23.0 Å². The van der Waals surface area contributed by atoms with Crippen LogP contribution in [0.15, 0.2) is 316 Å². The summed E-state index contributed by atoms with van der Waals surface area (Å²) in [5.74, 6) is 2.60. The monoisotopic (exact) mass is 1110 g/mol. The number of rotatable bonds is 4. The highest BCUT2D eigenvalue weighted by Crippen LogP contribution is 2.22. The summed E-state index contributed by atoms with van der Waals surface area (Å²) in [7, 11) is 0. The van der Waals surface area contributed by atoms with Gasteiger partial charge in [0, 0.05) is 0 Å². The zero-order valence-corrected chi connectivity index (χ0v) is 51.3. The van der Waals surface area contributed by atoms with Crippen LogP contribution >= 0.6 is 0 Å². The molecule has 0 aromatic heterocycles. The standard InChI is InChI=1S/2C10H14.2C9H12.C9H10.C8H8.4C6H6O/c2*1-10(2,3)9-7-5-4-6-8-9;3*1-8(2)9-6-4-3-5-7-9;1-2-8-6-4-3-5-7-8;4*7-6-4-2-1-3-5-6/h2*4-8H,1-3H3;2*3-8H,1-2H3;3-7H,1H2,2H3;2-7H,1H2;4*1-5,7H. The number of benzene rings is 10.